The van der Waals surface area contributed by atoms with Crippen molar-refractivity contribution >= 4 is 22.5 Å². The monoisotopic (exact) mass is 299 g/mol. The summed E-state index contributed by atoms with van der Waals surface area (Å²) in [6.07, 6.45) is 6.55. The van der Waals surface area contributed by atoms with E-state index >= 15 is 0 Å². The molecule has 1 aliphatic heterocycles. The van der Waals surface area contributed by atoms with E-state index in [1.165, 1.54) is 21.7 Å². The number of hydrogen-bond acceptors (Lipinski definition) is 4. The molecule has 0 bridgehead atoms. The molecule has 3 nitrogen and oxygen atoms in total. The van der Waals surface area contributed by atoms with E-state index < -0.39 is 0 Å². The van der Waals surface area contributed by atoms with Gasteiger partial charge >= 0.3 is 0 Å². The van der Waals surface area contributed by atoms with Gasteiger partial charge in [0.25, 0.3) is 0 Å². The molecule has 4 heteroatoms. The minimum Gasteiger partial charge on any atom is -0.375 e. The van der Waals surface area contributed by atoms with E-state index in [2.05, 4.69) is 53.2 Å². The lowest BCUT2D eigenvalue weighted by Gasteiger charge is -2.17. The summed E-state index contributed by atoms with van der Waals surface area (Å²) in [6.45, 7) is 5.27. The van der Waals surface area contributed by atoms with Crippen LogP contribution in [0.25, 0.3) is 6.08 Å². The summed E-state index contributed by atoms with van der Waals surface area (Å²) in [5.41, 5.74) is 9.56. The van der Waals surface area contributed by atoms with Crippen molar-refractivity contribution in [3.05, 3.63) is 52.0 Å². The van der Waals surface area contributed by atoms with Gasteiger partial charge in [-0.25, -0.2) is 4.98 Å². The topological polar surface area (TPSA) is 42.2 Å². The molecule has 0 saturated heterocycles. The lowest BCUT2D eigenvalue weighted by molar-refractivity contribution is 0.318. The molecule has 0 amide bonds. The third-order valence-corrected chi connectivity index (χ3v) is 4.85. The molecule has 0 radical (unpaired) electrons. The highest BCUT2D eigenvalue weighted by Crippen LogP contribution is 2.24. The van der Waals surface area contributed by atoms with Crippen LogP contribution in [-0.4, -0.2) is 29.5 Å². The first-order chi connectivity index (χ1) is 10.2. The Morgan fingerprint density at radius 2 is 2.00 bits per heavy atom. The van der Waals surface area contributed by atoms with Crippen LogP contribution in [0.15, 0.2) is 30.3 Å². The first-order valence-electron chi connectivity index (χ1n) is 7.40. The van der Waals surface area contributed by atoms with Crippen molar-refractivity contribution in [3.8, 4) is 0 Å². The number of aromatic nitrogens is 1. The molecule has 0 unspecified atom stereocenters. The summed E-state index contributed by atoms with van der Waals surface area (Å²) in [7, 11) is 0. The first kappa shape index (κ1) is 14.3. The van der Waals surface area contributed by atoms with Crippen LogP contribution in [0, 0.1) is 6.92 Å². The number of rotatable bonds is 3. The first-order valence-corrected chi connectivity index (χ1v) is 8.22. The van der Waals surface area contributed by atoms with E-state index in [0.717, 1.165) is 32.5 Å². The van der Waals surface area contributed by atoms with E-state index in [4.69, 9.17) is 5.73 Å². The molecule has 2 N–H and O–H groups in total. The van der Waals surface area contributed by atoms with Gasteiger partial charge < -0.3 is 5.73 Å². The predicted octanol–water partition coefficient (Wildman–Crippen LogP) is 3.15. The highest BCUT2D eigenvalue weighted by atomic mass is 32.1. The van der Waals surface area contributed by atoms with Crippen LogP contribution in [0.1, 0.15) is 21.7 Å². The van der Waals surface area contributed by atoms with Gasteiger partial charge in [0.05, 0.1) is 5.69 Å². The van der Waals surface area contributed by atoms with Crippen LogP contribution in [0.4, 0.5) is 5.13 Å². The highest BCUT2D eigenvalue weighted by molar-refractivity contribution is 7.15. The second-order valence-electron chi connectivity index (χ2n) is 5.54. The number of anilines is 1. The molecule has 0 spiro atoms. The Labute approximate surface area is 130 Å². The third-order valence-electron chi connectivity index (χ3n) is 3.87. The Morgan fingerprint density at radius 1 is 1.24 bits per heavy atom. The highest BCUT2D eigenvalue weighted by Gasteiger charge is 2.16. The second kappa shape index (κ2) is 6.41. The maximum Gasteiger partial charge on any atom is 0.180 e. The number of thiazole rings is 1. The fourth-order valence-corrected chi connectivity index (χ4v) is 3.49. The van der Waals surface area contributed by atoms with Crippen LogP contribution < -0.4 is 5.73 Å². The fraction of sp³-hybridized carbons (Fsp3) is 0.353. The summed E-state index contributed by atoms with van der Waals surface area (Å²) >= 11 is 1.65. The maximum absolute atomic E-state index is 5.78. The normalized spacial score (nSPS) is 16.0. The van der Waals surface area contributed by atoms with E-state index in [1.807, 2.05) is 0 Å². The summed E-state index contributed by atoms with van der Waals surface area (Å²) in [5.74, 6) is 0. The van der Waals surface area contributed by atoms with Crippen LogP contribution in [0.3, 0.4) is 0 Å². The van der Waals surface area contributed by atoms with Crippen molar-refractivity contribution in [2.24, 2.45) is 0 Å². The Hall–Kier alpha value is -1.65. The number of nitrogens with zero attached hydrogens (tertiary/aromatic N) is 2. The molecule has 2 aromatic rings. The van der Waals surface area contributed by atoms with Gasteiger partial charge in [0.2, 0.25) is 0 Å². The zero-order chi connectivity index (χ0) is 14.7. The Morgan fingerprint density at radius 3 is 2.81 bits per heavy atom. The van der Waals surface area contributed by atoms with E-state index in [0.29, 0.717) is 5.13 Å². The molecule has 110 valence electrons. The minimum atomic E-state index is 0.715. The molecule has 2 heterocycles. The minimum absolute atomic E-state index is 0.715. The number of hydrogen-bond donors (Lipinski definition) is 1. The molecule has 0 saturated carbocycles. The summed E-state index contributed by atoms with van der Waals surface area (Å²) in [4.78, 5) is 8.29. The zero-order valence-corrected chi connectivity index (χ0v) is 13.2. The lowest BCUT2D eigenvalue weighted by atomic mass is 10.1. The van der Waals surface area contributed by atoms with Crippen LogP contribution in [-0.2, 0) is 12.8 Å². The number of nitrogens with two attached hydrogens (primary N) is 1. The number of nitrogen functional groups attached to an aromatic ring is 1. The summed E-state index contributed by atoms with van der Waals surface area (Å²) in [5, 5.41) is 0.715. The van der Waals surface area contributed by atoms with Gasteiger partial charge in [0.1, 0.15) is 0 Å². The number of fused-ring (bicyclic) bond motifs is 1. The lowest BCUT2D eigenvalue weighted by Crippen LogP contribution is -2.26. The van der Waals surface area contributed by atoms with Gasteiger partial charge in [0.15, 0.2) is 5.13 Å². The fourth-order valence-electron chi connectivity index (χ4n) is 2.63. The molecule has 0 aliphatic carbocycles. The molecule has 1 aromatic heterocycles. The van der Waals surface area contributed by atoms with Crippen molar-refractivity contribution in [1.29, 1.82) is 0 Å². The summed E-state index contributed by atoms with van der Waals surface area (Å²) < 4.78 is 0. The van der Waals surface area contributed by atoms with Crippen molar-refractivity contribution in [2.45, 2.75) is 19.8 Å². The van der Waals surface area contributed by atoms with E-state index in [9.17, 15) is 0 Å². The van der Waals surface area contributed by atoms with Crippen LogP contribution >= 0.6 is 11.3 Å². The van der Waals surface area contributed by atoms with E-state index in [1.54, 1.807) is 11.3 Å². The van der Waals surface area contributed by atoms with Crippen molar-refractivity contribution in [2.75, 3.05) is 25.4 Å². The van der Waals surface area contributed by atoms with Crippen molar-refractivity contribution in [3.63, 3.8) is 0 Å². The number of benzene rings is 1. The molecule has 0 fully saturated rings. The Bertz CT molecular complexity index is 602. The van der Waals surface area contributed by atoms with Crippen LogP contribution in [0.2, 0.25) is 0 Å². The Balaban J connectivity index is 1.55. The van der Waals surface area contributed by atoms with Gasteiger partial charge in [-0.15, -0.1) is 11.3 Å². The maximum atomic E-state index is 5.78. The SMILES string of the molecule is Cc1ccc(C=CCN2CCc3nc(N)sc3CC2)cc1. The van der Waals surface area contributed by atoms with Gasteiger partial charge in [-0.2, -0.15) is 0 Å². The van der Waals surface area contributed by atoms with Gasteiger partial charge in [-0.3, -0.25) is 4.90 Å². The number of aryl methyl sites for hydroxylation is 1. The molecule has 1 aliphatic rings. The Kier molecular flexibility index (Phi) is 4.36. The molecule has 3 rings (SSSR count). The average molecular weight is 299 g/mol. The smallest absolute Gasteiger partial charge is 0.180 e. The molecular formula is C17H21N3S. The van der Waals surface area contributed by atoms with Gasteiger partial charge in [0, 0.05) is 30.9 Å². The van der Waals surface area contributed by atoms with Crippen molar-refractivity contribution in [1.82, 2.24) is 9.88 Å². The molecule has 0 atom stereocenters. The van der Waals surface area contributed by atoms with Crippen LogP contribution in [0.5, 0.6) is 0 Å². The molecule has 21 heavy (non-hydrogen) atoms. The van der Waals surface area contributed by atoms with Gasteiger partial charge in [-0.05, 0) is 18.9 Å². The van der Waals surface area contributed by atoms with Crippen molar-refractivity contribution < 1.29 is 0 Å². The zero-order valence-electron chi connectivity index (χ0n) is 12.4. The predicted molar refractivity (Wildman–Crippen MR) is 90.6 cm³/mol. The summed E-state index contributed by atoms with van der Waals surface area (Å²) in [6, 6.07) is 8.64. The largest absolute Gasteiger partial charge is 0.375 e. The average Bonchev–Trinajstić information content (AvgIpc) is 2.73. The quantitative estimate of drug-likeness (QED) is 0.946. The second-order valence-corrected chi connectivity index (χ2v) is 6.65. The molecule has 1 aromatic carbocycles. The standard InChI is InChI=1S/C17H21N3S/c1-13-4-6-14(7-5-13)3-2-10-20-11-8-15-16(9-12-20)21-17(18)19-15/h2-7H,8-12H2,1H3,(H2,18,19). The van der Waals surface area contributed by atoms with Gasteiger partial charge in [-0.1, -0.05) is 42.0 Å². The van der Waals surface area contributed by atoms with E-state index in [-0.39, 0.29) is 0 Å². The molecular weight excluding hydrogens is 278 g/mol. The third kappa shape index (κ3) is 3.71.